The molecule has 0 bridgehead atoms. The van der Waals surface area contributed by atoms with Gasteiger partial charge in [0.05, 0.1) is 0 Å². The highest BCUT2D eigenvalue weighted by molar-refractivity contribution is 7.87. The van der Waals surface area contributed by atoms with Gasteiger partial charge in [-0.2, -0.15) is 26.3 Å². The fourth-order valence-electron chi connectivity index (χ4n) is 1.16. The number of hydrogen-bond acceptors (Lipinski definition) is 3. The Bertz CT molecular complexity index is 341. The zero-order valence-corrected chi connectivity index (χ0v) is 11.2. The van der Waals surface area contributed by atoms with E-state index < -0.39 is 28.3 Å². The average molecular weight is 292 g/mol. The van der Waals surface area contributed by atoms with Gasteiger partial charge in [-0.3, -0.25) is 0 Å². The van der Waals surface area contributed by atoms with Gasteiger partial charge < -0.3 is 5.11 Å². The summed E-state index contributed by atoms with van der Waals surface area (Å²) in [6, 6.07) is 0. The lowest BCUT2D eigenvalue weighted by atomic mass is 9.88. The summed E-state index contributed by atoms with van der Waals surface area (Å²) in [7, 11) is -4.16. The van der Waals surface area contributed by atoms with Gasteiger partial charge in [0.1, 0.15) is 6.54 Å². The number of aliphatic hydroxyl groups excluding tert-OH is 1. The van der Waals surface area contributed by atoms with E-state index in [1.807, 2.05) is 0 Å². The first-order valence-electron chi connectivity index (χ1n) is 5.39. The Hall–Kier alpha value is -0.380. The van der Waals surface area contributed by atoms with Crippen molar-refractivity contribution in [2.24, 2.45) is 5.41 Å². The number of alkyl halides is 3. The Labute approximate surface area is 105 Å². The van der Waals surface area contributed by atoms with Crippen LogP contribution in [0.25, 0.3) is 0 Å². The second kappa shape index (κ2) is 6.69. The van der Waals surface area contributed by atoms with Crippen LogP contribution in [0.2, 0.25) is 0 Å². The second-order valence-electron chi connectivity index (χ2n) is 4.75. The van der Waals surface area contributed by atoms with Gasteiger partial charge in [0.25, 0.3) is 10.2 Å². The van der Waals surface area contributed by atoms with Gasteiger partial charge in [-0.15, -0.1) is 0 Å². The molecular weight excluding hydrogens is 273 g/mol. The third-order valence-electron chi connectivity index (χ3n) is 2.22. The van der Waals surface area contributed by atoms with E-state index in [0.717, 1.165) is 0 Å². The average Bonchev–Trinajstić information content (AvgIpc) is 2.21. The first-order valence-corrected chi connectivity index (χ1v) is 6.88. The van der Waals surface area contributed by atoms with E-state index in [0.29, 0.717) is 12.8 Å². The molecule has 0 atom stereocenters. The van der Waals surface area contributed by atoms with Crippen LogP contribution in [0.15, 0.2) is 0 Å². The molecule has 9 heteroatoms. The summed E-state index contributed by atoms with van der Waals surface area (Å²) in [4.78, 5) is 0. The molecule has 3 N–H and O–H groups in total. The number of halogens is 3. The topological polar surface area (TPSA) is 78.4 Å². The normalized spacial score (nSPS) is 13.9. The molecule has 0 aliphatic carbocycles. The maximum atomic E-state index is 11.8. The summed E-state index contributed by atoms with van der Waals surface area (Å²) in [5.74, 6) is 0. The molecule has 0 saturated carbocycles. The Morgan fingerprint density at radius 1 is 1.11 bits per heavy atom. The van der Waals surface area contributed by atoms with Crippen LogP contribution in [0.5, 0.6) is 0 Å². The quantitative estimate of drug-likeness (QED) is 0.618. The lowest BCUT2D eigenvalue weighted by Crippen LogP contribution is -2.44. The maximum absolute atomic E-state index is 11.8. The molecule has 0 radical (unpaired) electrons. The Morgan fingerprint density at radius 2 is 1.61 bits per heavy atom. The SMILES string of the molecule is CC(C)(CCCO)CNS(=O)(=O)NCC(F)(F)F. The first-order chi connectivity index (χ1) is 7.97. The largest absolute Gasteiger partial charge is 0.402 e. The van der Waals surface area contributed by atoms with Crippen molar-refractivity contribution in [1.29, 1.82) is 0 Å². The molecule has 0 aliphatic heterocycles. The highest BCUT2D eigenvalue weighted by atomic mass is 32.2. The minimum absolute atomic E-state index is 0.000189. The molecule has 18 heavy (non-hydrogen) atoms. The summed E-state index contributed by atoms with van der Waals surface area (Å²) in [5.41, 5.74) is -0.435. The van der Waals surface area contributed by atoms with Crippen molar-refractivity contribution in [1.82, 2.24) is 9.44 Å². The molecular formula is C9H19F3N2O3S. The maximum Gasteiger partial charge on any atom is 0.402 e. The molecule has 5 nitrogen and oxygen atoms in total. The van der Waals surface area contributed by atoms with E-state index in [1.165, 1.54) is 4.72 Å². The fourth-order valence-corrected chi connectivity index (χ4v) is 2.20. The molecule has 0 amide bonds. The van der Waals surface area contributed by atoms with E-state index in [-0.39, 0.29) is 13.2 Å². The van der Waals surface area contributed by atoms with Gasteiger partial charge in [0.2, 0.25) is 0 Å². The van der Waals surface area contributed by atoms with Crippen LogP contribution in [-0.4, -0.2) is 39.4 Å². The van der Waals surface area contributed by atoms with E-state index in [1.54, 1.807) is 13.8 Å². The summed E-state index contributed by atoms with van der Waals surface area (Å²) in [5, 5.41) is 8.66. The van der Waals surface area contributed by atoms with E-state index in [2.05, 4.69) is 4.72 Å². The predicted molar refractivity (Wildman–Crippen MR) is 61.1 cm³/mol. The standard InChI is InChI=1S/C9H19F3N2O3S/c1-8(2,4-3-5-15)6-13-18(16,17)14-7-9(10,11)12/h13-15H,3-7H2,1-2H3. The summed E-state index contributed by atoms with van der Waals surface area (Å²) >= 11 is 0. The third kappa shape index (κ3) is 9.63. The smallest absolute Gasteiger partial charge is 0.396 e. The number of nitrogens with one attached hydrogen (secondary N) is 2. The van der Waals surface area contributed by atoms with Gasteiger partial charge in [-0.1, -0.05) is 13.8 Å². The number of rotatable bonds is 8. The van der Waals surface area contributed by atoms with Crippen molar-refractivity contribution in [3.8, 4) is 0 Å². The van der Waals surface area contributed by atoms with Crippen molar-refractivity contribution in [2.75, 3.05) is 19.7 Å². The third-order valence-corrected chi connectivity index (χ3v) is 3.26. The van der Waals surface area contributed by atoms with Crippen molar-refractivity contribution in [2.45, 2.75) is 32.9 Å². The highest BCUT2D eigenvalue weighted by Crippen LogP contribution is 2.21. The Kier molecular flexibility index (Phi) is 6.55. The molecule has 0 aromatic carbocycles. The molecule has 0 aromatic heterocycles. The minimum Gasteiger partial charge on any atom is -0.396 e. The molecule has 0 heterocycles. The summed E-state index contributed by atoms with van der Waals surface area (Å²) in [6.07, 6.45) is -3.52. The van der Waals surface area contributed by atoms with Crippen LogP contribution in [-0.2, 0) is 10.2 Å². The molecule has 0 saturated heterocycles. The van der Waals surface area contributed by atoms with Crippen LogP contribution in [0.1, 0.15) is 26.7 Å². The van der Waals surface area contributed by atoms with Crippen LogP contribution in [0.3, 0.4) is 0 Å². The first kappa shape index (κ1) is 17.6. The van der Waals surface area contributed by atoms with E-state index >= 15 is 0 Å². The second-order valence-corrected chi connectivity index (χ2v) is 6.34. The Balaban J connectivity index is 4.18. The van der Waals surface area contributed by atoms with Crippen LogP contribution >= 0.6 is 0 Å². The molecule has 0 aliphatic rings. The summed E-state index contributed by atoms with van der Waals surface area (Å²) < 4.78 is 61.5. The highest BCUT2D eigenvalue weighted by Gasteiger charge is 2.30. The molecule has 110 valence electrons. The van der Waals surface area contributed by atoms with E-state index in [4.69, 9.17) is 5.11 Å². The zero-order chi connectivity index (χ0) is 14.4. The van der Waals surface area contributed by atoms with Crippen molar-refractivity contribution < 1.29 is 26.7 Å². The fraction of sp³-hybridized carbons (Fsp3) is 1.00. The van der Waals surface area contributed by atoms with Gasteiger partial charge in [-0.25, -0.2) is 4.72 Å². The zero-order valence-electron chi connectivity index (χ0n) is 10.3. The minimum atomic E-state index is -4.58. The number of aliphatic hydroxyl groups is 1. The van der Waals surface area contributed by atoms with Crippen molar-refractivity contribution in [3.05, 3.63) is 0 Å². The van der Waals surface area contributed by atoms with Crippen LogP contribution in [0.4, 0.5) is 13.2 Å². The van der Waals surface area contributed by atoms with Gasteiger partial charge in [0, 0.05) is 13.2 Å². The van der Waals surface area contributed by atoms with Gasteiger partial charge in [0.15, 0.2) is 0 Å². The molecule has 0 fully saturated rings. The van der Waals surface area contributed by atoms with Crippen LogP contribution in [0, 0.1) is 5.41 Å². The molecule has 0 aromatic rings. The Morgan fingerprint density at radius 3 is 2.06 bits per heavy atom. The van der Waals surface area contributed by atoms with Crippen molar-refractivity contribution >= 4 is 10.2 Å². The lowest BCUT2D eigenvalue weighted by molar-refractivity contribution is -0.121. The predicted octanol–water partition coefficient (Wildman–Crippen LogP) is 0.771. The molecule has 0 unspecified atom stereocenters. The summed E-state index contributed by atoms with van der Waals surface area (Å²) in [6.45, 7) is 1.91. The molecule has 0 rings (SSSR count). The van der Waals surface area contributed by atoms with E-state index in [9.17, 15) is 21.6 Å². The van der Waals surface area contributed by atoms with Gasteiger partial charge >= 0.3 is 6.18 Å². The lowest BCUT2D eigenvalue weighted by Gasteiger charge is -2.24. The van der Waals surface area contributed by atoms with Gasteiger partial charge in [-0.05, 0) is 18.3 Å². The monoisotopic (exact) mass is 292 g/mol. The number of hydrogen-bond donors (Lipinski definition) is 3. The molecule has 0 spiro atoms. The van der Waals surface area contributed by atoms with Crippen LogP contribution < -0.4 is 9.44 Å². The van der Waals surface area contributed by atoms with Crippen molar-refractivity contribution in [3.63, 3.8) is 0 Å².